The molecule has 1 N–H and O–H groups in total. The van der Waals surface area contributed by atoms with Crippen molar-refractivity contribution in [2.24, 2.45) is 0 Å². The number of carbonyl (C=O) groups is 1. The van der Waals surface area contributed by atoms with Crippen LogP contribution in [0.25, 0.3) is 0 Å². The highest BCUT2D eigenvalue weighted by molar-refractivity contribution is 8.76. The normalized spacial score (nSPS) is 10.5. The molecule has 0 atom stereocenters. The van der Waals surface area contributed by atoms with Gasteiger partial charge in [-0.3, -0.25) is 4.79 Å². The van der Waals surface area contributed by atoms with Gasteiger partial charge < -0.3 is 5.32 Å². The number of carbonyl (C=O) groups excluding carboxylic acids is 1. The van der Waals surface area contributed by atoms with Gasteiger partial charge in [0.1, 0.15) is 0 Å². The molecule has 0 aromatic heterocycles. The minimum atomic E-state index is -0.0151. The van der Waals surface area contributed by atoms with Gasteiger partial charge in [0, 0.05) is 11.8 Å². The molecule has 0 heterocycles. The second kappa shape index (κ2) is 5.83. The third-order valence-electron chi connectivity index (χ3n) is 3.10. The summed E-state index contributed by atoms with van der Waals surface area (Å²) in [5.74, 6) is -0.0151. The second-order valence-corrected chi connectivity index (χ2v) is 6.54. The molecule has 0 spiro atoms. The quantitative estimate of drug-likeness (QED) is 0.832. The van der Waals surface area contributed by atoms with E-state index >= 15 is 0 Å². The van der Waals surface area contributed by atoms with Gasteiger partial charge in [-0.25, -0.2) is 0 Å². The zero-order valence-electron chi connectivity index (χ0n) is 11.2. The van der Waals surface area contributed by atoms with Gasteiger partial charge >= 0.3 is 0 Å². The molecule has 1 amide bonds. The number of amides is 1. The van der Waals surface area contributed by atoms with Crippen molar-refractivity contribution in [2.75, 3.05) is 11.6 Å². The summed E-state index contributed by atoms with van der Waals surface area (Å²) in [5, 5.41) is 2.96. The van der Waals surface area contributed by atoms with E-state index in [2.05, 4.69) is 33.0 Å². The lowest BCUT2D eigenvalue weighted by molar-refractivity contribution is -0.114. The molecule has 17 heavy (non-hydrogen) atoms. The number of hydrogen-bond donors (Lipinski definition) is 1. The Hall–Kier alpha value is -0.610. The number of rotatable bonds is 3. The summed E-state index contributed by atoms with van der Waals surface area (Å²) in [6.45, 7) is 9.98. The van der Waals surface area contributed by atoms with Crippen LogP contribution in [0.15, 0.2) is 4.90 Å². The standard InChI is InChI=1S/C13H19NOS2/c1-7-8(2)10(4)13(17-16-6)12(9(7)3)14-11(5)15/h1-6H3,(H,14,15). The molecule has 0 bridgehead atoms. The molecule has 4 heteroatoms. The number of anilines is 1. The van der Waals surface area contributed by atoms with Crippen LogP contribution in [0.5, 0.6) is 0 Å². The Morgan fingerprint density at radius 1 is 1.00 bits per heavy atom. The maximum atomic E-state index is 11.3. The number of hydrogen-bond acceptors (Lipinski definition) is 3. The van der Waals surface area contributed by atoms with E-state index in [1.54, 1.807) is 28.5 Å². The van der Waals surface area contributed by atoms with E-state index < -0.39 is 0 Å². The molecule has 0 saturated carbocycles. The summed E-state index contributed by atoms with van der Waals surface area (Å²) < 4.78 is 0. The molecule has 94 valence electrons. The van der Waals surface area contributed by atoms with Crippen LogP contribution in [0.2, 0.25) is 0 Å². The van der Waals surface area contributed by atoms with Gasteiger partial charge in [0.05, 0.1) is 5.69 Å². The van der Waals surface area contributed by atoms with Crippen molar-refractivity contribution in [3.05, 3.63) is 22.3 Å². The van der Waals surface area contributed by atoms with Crippen LogP contribution in [0.1, 0.15) is 29.2 Å². The summed E-state index contributed by atoms with van der Waals surface area (Å²) >= 11 is 0. The van der Waals surface area contributed by atoms with Crippen LogP contribution in [0, 0.1) is 27.7 Å². The Bertz CT molecular complexity index is 455. The molecule has 1 aromatic carbocycles. The zero-order chi connectivity index (χ0) is 13.2. The first-order chi connectivity index (χ1) is 7.90. The first-order valence-electron chi connectivity index (χ1n) is 5.48. The SMILES string of the molecule is CSSc1c(C)c(C)c(C)c(C)c1NC(C)=O. The van der Waals surface area contributed by atoms with Gasteiger partial charge in [-0.1, -0.05) is 21.6 Å². The highest BCUT2D eigenvalue weighted by Crippen LogP contribution is 2.41. The van der Waals surface area contributed by atoms with Crippen molar-refractivity contribution in [1.29, 1.82) is 0 Å². The van der Waals surface area contributed by atoms with Crippen molar-refractivity contribution in [2.45, 2.75) is 39.5 Å². The van der Waals surface area contributed by atoms with E-state index in [-0.39, 0.29) is 5.91 Å². The smallest absolute Gasteiger partial charge is 0.221 e. The average molecular weight is 269 g/mol. The molecule has 0 fully saturated rings. The van der Waals surface area contributed by atoms with E-state index in [0.717, 1.165) is 5.69 Å². The largest absolute Gasteiger partial charge is 0.325 e. The van der Waals surface area contributed by atoms with E-state index in [0.29, 0.717) is 0 Å². The van der Waals surface area contributed by atoms with Gasteiger partial charge in [0.15, 0.2) is 0 Å². The van der Waals surface area contributed by atoms with Crippen LogP contribution in [-0.4, -0.2) is 12.2 Å². The van der Waals surface area contributed by atoms with Gasteiger partial charge in [0.25, 0.3) is 0 Å². The Kier molecular flexibility index (Phi) is 4.95. The molecule has 0 radical (unpaired) electrons. The molecule has 1 rings (SSSR count). The lowest BCUT2D eigenvalue weighted by Crippen LogP contribution is -2.10. The molecule has 0 aliphatic carbocycles. The van der Waals surface area contributed by atoms with Crippen LogP contribution in [0.3, 0.4) is 0 Å². The van der Waals surface area contributed by atoms with Gasteiger partial charge in [-0.05, 0) is 56.2 Å². The Morgan fingerprint density at radius 2 is 1.53 bits per heavy atom. The molecule has 1 aromatic rings. The number of nitrogens with one attached hydrogen (secondary N) is 1. The molecular weight excluding hydrogens is 250 g/mol. The fraction of sp³-hybridized carbons (Fsp3) is 0.462. The predicted molar refractivity (Wildman–Crippen MR) is 79.1 cm³/mol. The summed E-state index contributed by atoms with van der Waals surface area (Å²) in [4.78, 5) is 12.5. The van der Waals surface area contributed by atoms with Crippen molar-refractivity contribution in [3.63, 3.8) is 0 Å². The Balaban J connectivity index is 3.47. The first kappa shape index (κ1) is 14.5. The Labute approximate surface area is 111 Å². The molecular formula is C13H19NOS2. The average Bonchev–Trinajstić information content (AvgIpc) is 2.28. The summed E-state index contributed by atoms with van der Waals surface area (Å²) in [5.41, 5.74) is 5.97. The number of benzene rings is 1. The molecule has 0 saturated heterocycles. The first-order valence-corrected chi connectivity index (χ1v) is 8.04. The van der Waals surface area contributed by atoms with Gasteiger partial charge in [-0.15, -0.1) is 0 Å². The third-order valence-corrected chi connectivity index (χ3v) is 4.94. The monoisotopic (exact) mass is 269 g/mol. The van der Waals surface area contributed by atoms with Crippen LogP contribution >= 0.6 is 21.6 Å². The Morgan fingerprint density at radius 3 is 2.00 bits per heavy atom. The zero-order valence-corrected chi connectivity index (χ0v) is 12.9. The molecule has 2 nitrogen and oxygen atoms in total. The summed E-state index contributed by atoms with van der Waals surface area (Å²) in [6, 6.07) is 0. The molecule has 0 unspecified atom stereocenters. The third kappa shape index (κ3) is 2.99. The van der Waals surface area contributed by atoms with Crippen molar-refractivity contribution in [1.82, 2.24) is 0 Å². The fourth-order valence-corrected chi connectivity index (χ4v) is 3.65. The van der Waals surface area contributed by atoms with Gasteiger partial charge in [0.2, 0.25) is 5.91 Å². The predicted octanol–water partition coefficient (Wildman–Crippen LogP) is 4.25. The van der Waals surface area contributed by atoms with Crippen LogP contribution in [-0.2, 0) is 4.79 Å². The lowest BCUT2D eigenvalue weighted by atomic mass is 9.97. The maximum absolute atomic E-state index is 11.3. The topological polar surface area (TPSA) is 29.1 Å². The second-order valence-electron chi connectivity index (χ2n) is 4.14. The van der Waals surface area contributed by atoms with Crippen molar-refractivity contribution in [3.8, 4) is 0 Å². The molecule has 0 aliphatic heterocycles. The van der Waals surface area contributed by atoms with Crippen molar-refractivity contribution >= 4 is 33.2 Å². The highest BCUT2D eigenvalue weighted by atomic mass is 33.1. The minimum Gasteiger partial charge on any atom is -0.325 e. The highest BCUT2D eigenvalue weighted by Gasteiger charge is 2.16. The molecule has 0 aliphatic rings. The van der Waals surface area contributed by atoms with Crippen LogP contribution in [0.4, 0.5) is 5.69 Å². The summed E-state index contributed by atoms with van der Waals surface area (Å²) in [6.07, 6.45) is 2.05. The van der Waals surface area contributed by atoms with Crippen molar-refractivity contribution < 1.29 is 4.79 Å². The van der Waals surface area contributed by atoms with Gasteiger partial charge in [-0.2, -0.15) is 0 Å². The van der Waals surface area contributed by atoms with E-state index in [9.17, 15) is 4.79 Å². The maximum Gasteiger partial charge on any atom is 0.221 e. The minimum absolute atomic E-state index is 0.0151. The summed E-state index contributed by atoms with van der Waals surface area (Å²) in [7, 11) is 3.41. The lowest BCUT2D eigenvalue weighted by Gasteiger charge is -2.19. The van der Waals surface area contributed by atoms with E-state index in [4.69, 9.17) is 0 Å². The fourth-order valence-electron chi connectivity index (χ4n) is 1.79. The van der Waals surface area contributed by atoms with E-state index in [1.165, 1.54) is 27.1 Å². The van der Waals surface area contributed by atoms with E-state index in [1.807, 2.05) is 6.26 Å². The van der Waals surface area contributed by atoms with Crippen LogP contribution < -0.4 is 5.32 Å².